The number of alkyl halides is 3. The minimum atomic E-state index is -5.05. The zero-order valence-electron chi connectivity index (χ0n) is 11.3. The first-order valence-corrected chi connectivity index (χ1v) is 6.20. The molecule has 3 nitrogen and oxygen atoms in total. The van der Waals surface area contributed by atoms with Gasteiger partial charge in [0, 0.05) is 11.5 Å². The highest BCUT2D eigenvalue weighted by molar-refractivity contribution is 5.67. The molecule has 0 saturated carbocycles. The standard InChI is InChI=1S/C14H17F3O3/c1-3-6-11(13(19,9-18)14(15,16)17)10-7-4-5-8-12(10)20-2/h4-5,7-9,11,19H,3,6H2,1-2H3. The normalized spacial score (nSPS) is 16.3. The van der Waals surface area contributed by atoms with Gasteiger partial charge in [0.1, 0.15) is 5.75 Å². The number of ether oxygens (including phenoxy) is 1. The monoisotopic (exact) mass is 290 g/mol. The fraction of sp³-hybridized carbons (Fsp3) is 0.500. The Hall–Kier alpha value is -1.56. The number of benzene rings is 1. The molecule has 0 radical (unpaired) electrons. The van der Waals surface area contributed by atoms with Crippen molar-refractivity contribution < 1.29 is 27.8 Å². The molecule has 0 bridgehead atoms. The summed E-state index contributed by atoms with van der Waals surface area (Å²) in [6.07, 6.45) is -5.08. The Morgan fingerprint density at radius 2 is 1.95 bits per heavy atom. The molecule has 0 amide bonds. The molecule has 0 heterocycles. The summed E-state index contributed by atoms with van der Waals surface area (Å²) >= 11 is 0. The van der Waals surface area contributed by atoms with Crippen LogP contribution >= 0.6 is 0 Å². The highest BCUT2D eigenvalue weighted by Gasteiger charge is 2.59. The van der Waals surface area contributed by atoms with Gasteiger partial charge in [0.2, 0.25) is 5.60 Å². The SMILES string of the molecule is CCCC(c1ccccc1OC)C(O)(C=O)C(F)(F)F. The summed E-state index contributed by atoms with van der Waals surface area (Å²) in [5, 5.41) is 9.87. The Labute approximate surface area is 115 Å². The molecule has 0 fully saturated rings. The lowest BCUT2D eigenvalue weighted by molar-refractivity contribution is -0.252. The summed E-state index contributed by atoms with van der Waals surface area (Å²) in [6.45, 7) is 1.68. The number of aldehydes is 1. The van der Waals surface area contributed by atoms with E-state index in [1.165, 1.54) is 19.2 Å². The van der Waals surface area contributed by atoms with Crippen molar-refractivity contribution in [1.82, 2.24) is 0 Å². The second kappa shape index (κ2) is 6.26. The van der Waals surface area contributed by atoms with Crippen molar-refractivity contribution in [2.24, 2.45) is 0 Å². The summed E-state index contributed by atoms with van der Waals surface area (Å²) in [6, 6.07) is 6.08. The average Bonchev–Trinajstić information content (AvgIpc) is 2.42. The van der Waals surface area contributed by atoms with Crippen molar-refractivity contribution in [1.29, 1.82) is 0 Å². The molecule has 6 heteroatoms. The Morgan fingerprint density at radius 3 is 2.40 bits per heavy atom. The maximum absolute atomic E-state index is 13.1. The van der Waals surface area contributed by atoms with Crippen LogP contribution in [0.5, 0.6) is 5.75 Å². The average molecular weight is 290 g/mol. The first kappa shape index (κ1) is 16.5. The van der Waals surface area contributed by atoms with Crippen molar-refractivity contribution in [3.8, 4) is 5.75 Å². The maximum atomic E-state index is 13.1. The predicted molar refractivity (Wildman–Crippen MR) is 67.7 cm³/mol. The van der Waals surface area contributed by atoms with Crippen LogP contribution in [0.15, 0.2) is 24.3 Å². The summed E-state index contributed by atoms with van der Waals surface area (Å²) in [4.78, 5) is 11.0. The quantitative estimate of drug-likeness (QED) is 0.819. The van der Waals surface area contributed by atoms with E-state index in [0.29, 0.717) is 6.42 Å². The molecule has 20 heavy (non-hydrogen) atoms. The van der Waals surface area contributed by atoms with Crippen LogP contribution in [-0.2, 0) is 4.79 Å². The topological polar surface area (TPSA) is 46.5 Å². The number of halogens is 3. The van der Waals surface area contributed by atoms with Gasteiger partial charge in [0.15, 0.2) is 6.29 Å². The first-order chi connectivity index (χ1) is 9.31. The van der Waals surface area contributed by atoms with Gasteiger partial charge >= 0.3 is 6.18 Å². The zero-order chi connectivity index (χ0) is 15.4. The third-order valence-electron chi connectivity index (χ3n) is 3.26. The molecule has 1 aromatic rings. The highest BCUT2D eigenvalue weighted by atomic mass is 19.4. The van der Waals surface area contributed by atoms with Crippen LogP contribution in [0.25, 0.3) is 0 Å². The van der Waals surface area contributed by atoms with E-state index < -0.39 is 24.0 Å². The van der Waals surface area contributed by atoms with Gasteiger partial charge in [-0.15, -0.1) is 0 Å². The number of hydrogen-bond donors (Lipinski definition) is 1. The van der Waals surface area contributed by atoms with E-state index in [1.54, 1.807) is 19.1 Å². The number of hydrogen-bond acceptors (Lipinski definition) is 3. The zero-order valence-corrected chi connectivity index (χ0v) is 11.3. The van der Waals surface area contributed by atoms with Crippen molar-refractivity contribution in [2.75, 3.05) is 7.11 Å². The largest absolute Gasteiger partial charge is 0.496 e. The fourth-order valence-electron chi connectivity index (χ4n) is 2.20. The van der Waals surface area contributed by atoms with Crippen molar-refractivity contribution in [3.63, 3.8) is 0 Å². The minimum Gasteiger partial charge on any atom is -0.496 e. The number of methoxy groups -OCH3 is 1. The summed E-state index contributed by atoms with van der Waals surface area (Å²) in [5.41, 5.74) is -3.25. The molecule has 2 atom stereocenters. The Balaban J connectivity index is 3.40. The predicted octanol–water partition coefficient (Wildman–Crippen LogP) is 3.07. The Kier molecular flexibility index (Phi) is 5.16. The molecule has 1 aromatic carbocycles. The number of rotatable bonds is 6. The van der Waals surface area contributed by atoms with E-state index in [1.807, 2.05) is 0 Å². The van der Waals surface area contributed by atoms with Gasteiger partial charge in [-0.2, -0.15) is 13.2 Å². The van der Waals surface area contributed by atoms with Crippen LogP contribution in [-0.4, -0.2) is 30.3 Å². The van der Waals surface area contributed by atoms with Crippen LogP contribution in [0.1, 0.15) is 31.2 Å². The van der Waals surface area contributed by atoms with Crippen LogP contribution in [0.2, 0.25) is 0 Å². The van der Waals surface area contributed by atoms with Crippen LogP contribution in [0, 0.1) is 0 Å². The number of para-hydroxylation sites is 1. The highest BCUT2D eigenvalue weighted by Crippen LogP contribution is 2.44. The Bertz CT molecular complexity index is 459. The van der Waals surface area contributed by atoms with Crippen LogP contribution in [0.3, 0.4) is 0 Å². The number of carbonyl (C=O) groups excluding carboxylic acids is 1. The van der Waals surface area contributed by atoms with Gasteiger partial charge in [0.05, 0.1) is 7.11 Å². The van der Waals surface area contributed by atoms with Gasteiger partial charge in [-0.1, -0.05) is 31.5 Å². The summed E-state index contributed by atoms with van der Waals surface area (Å²) in [7, 11) is 1.33. The molecule has 112 valence electrons. The molecular weight excluding hydrogens is 273 g/mol. The molecule has 0 spiro atoms. The molecule has 0 aliphatic carbocycles. The van der Waals surface area contributed by atoms with Gasteiger partial charge < -0.3 is 9.84 Å². The van der Waals surface area contributed by atoms with Crippen molar-refractivity contribution in [2.45, 2.75) is 37.5 Å². The van der Waals surface area contributed by atoms with E-state index >= 15 is 0 Å². The maximum Gasteiger partial charge on any atom is 0.424 e. The van der Waals surface area contributed by atoms with E-state index in [-0.39, 0.29) is 17.7 Å². The fourth-order valence-corrected chi connectivity index (χ4v) is 2.20. The van der Waals surface area contributed by atoms with Crippen LogP contribution < -0.4 is 4.74 Å². The molecule has 1 rings (SSSR count). The smallest absolute Gasteiger partial charge is 0.424 e. The van der Waals surface area contributed by atoms with Crippen LogP contribution in [0.4, 0.5) is 13.2 Å². The summed E-state index contributed by atoms with van der Waals surface area (Å²) in [5.74, 6) is -1.18. The van der Waals surface area contributed by atoms with Crippen molar-refractivity contribution >= 4 is 6.29 Å². The van der Waals surface area contributed by atoms with E-state index in [0.717, 1.165) is 0 Å². The number of aliphatic hydroxyl groups is 1. The minimum absolute atomic E-state index is 0.00905. The number of carbonyl (C=O) groups is 1. The third kappa shape index (κ3) is 2.95. The molecule has 2 unspecified atom stereocenters. The second-order valence-electron chi connectivity index (χ2n) is 4.52. The lowest BCUT2D eigenvalue weighted by Gasteiger charge is -2.34. The molecule has 0 saturated heterocycles. The lowest BCUT2D eigenvalue weighted by Crippen LogP contribution is -2.51. The van der Waals surface area contributed by atoms with Gasteiger partial charge in [-0.25, -0.2) is 0 Å². The van der Waals surface area contributed by atoms with E-state index in [9.17, 15) is 23.1 Å². The van der Waals surface area contributed by atoms with Gasteiger partial charge in [0.25, 0.3) is 0 Å². The third-order valence-corrected chi connectivity index (χ3v) is 3.26. The van der Waals surface area contributed by atoms with E-state index in [4.69, 9.17) is 4.74 Å². The van der Waals surface area contributed by atoms with E-state index in [2.05, 4.69) is 0 Å². The second-order valence-corrected chi connectivity index (χ2v) is 4.52. The Morgan fingerprint density at radius 1 is 1.35 bits per heavy atom. The molecular formula is C14H17F3O3. The molecule has 0 aliphatic heterocycles. The lowest BCUT2D eigenvalue weighted by atomic mass is 9.79. The first-order valence-electron chi connectivity index (χ1n) is 6.20. The van der Waals surface area contributed by atoms with Gasteiger partial charge in [-0.3, -0.25) is 4.79 Å². The van der Waals surface area contributed by atoms with Gasteiger partial charge in [-0.05, 0) is 12.5 Å². The molecule has 0 aromatic heterocycles. The molecule has 1 N–H and O–H groups in total. The van der Waals surface area contributed by atoms with Crippen molar-refractivity contribution in [3.05, 3.63) is 29.8 Å². The summed E-state index contributed by atoms with van der Waals surface area (Å²) < 4.78 is 44.3. The molecule has 0 aliphatic rings.